The summed E-state index contributed by atoms with van der Waals surface area (Å²) in [5.74, 6) is 2.51. The van der Waals surface area contributed by atoms with Crippen molar-refractivity contribution >= 4 is 45.7 Å². The second-order valence-electron chi connectivity index (χ2n) is 10.2. The summed E-state index contributed by atoms with van der Waals surface area (Å²) in [5.41, 5.74) is 1.91. The highest BCUT2D eigenvalue weighted by atomic mass is 32.2. The van der Waals surface area contributed by atoms with Crippen molar-refractivity contribution in [3.8, 4) is 0 Å². The monoisotopic (exact) mass is 484 g/mol. The smallest absolute Gasteiger partial charge is 0.234 e. The first-order valence-electron chi connectivity index (χ1n) is 12.2. The Morgan fingerprint density at radius 3 is 2.33 bits per heavy atom. The molecule has 0 atom stereocenters. The molecule has 2 amide bonds. The average molecular weight is 485 g/mol. The summed E-state index contributed by atoms with van der Waals surface area (Å²) in [6, 6.07) is 8.05. The summed E-state index contributed by atoms with van der Waals surface area (Å²) in [4.78, 5) is 25.5. The molecule has 176 valence electrons. The third kappa shape index (κ3) is 5.27. The van der Waals surface area contributed by atoms with Crippen molar-refractivity contribution < 1.29 is 9.59 Å². The highest BCUT2D eigenvalue weighted by molar-refractivity contribution is 8.01. The lowest BCUT2D eigenvalue weighted by molar-refractivity contribution is -0.140. The number of amides is 2. The Morgan fingerprint density at radius 2 is 1.70 bits per heavy atom. The van der Waals surface area contributed by atoms with Gasteiger partial charge in [0.15, 0.2) is 4.34 Å². The summed E-state index contributed by atoms with van der Waals surface area (Å²) in [6.07, 6.45) is 10.5. The van der Waals surface area contributed by atoms with E-state index in [1.165, 1.54) is 60.8 Å². The van der Waals surface area contributed by atoms with Crippen LogP contribution in [0.1, 0.15) is 63.9 Å². The van der Waals surface area contributed by atoms with Crippen molar-refractivity contribution in [2.45, 2.75) is 69.1 Å². The fraction of sp³-hybridized carbons (Fsp3) is 0.600. The van der Waals surface area contributed by atoms with Crippen LogP contribution in [0.25, 0.3) is 0 Å². The fourth-order valence-electron chi connectivity index (χ4n) is 6.40. The van der Waals surface area contributed by atoms with Gasteiger partial charge in [-0.2, -0.15) is 0 Å². The van der Waals surface area contributed by atoms with Crippen LogP contribution in [-0.2, 0) is 16.0 Å². The molecular weight excluding hydrogens is 452 g/mol. The van der Waals surface area contributed by atoms with Crippen molar-refractivity contribution in [3.05, 3.63) is 29.8 Å². The van der Waals surface area contributed by atoms with Gasteiger partial charge in [0.1, 0.15) is 0 Å². The number of nitrogens with one attached hydrogen (secondary N) is 2. The summed E-state index contributed by atoms with van der Waals surface area (Å²) in [7, 11) is 0. The molecule has 4 bridgehead atoms. The molecule has 1 aromatic heterocycles. The summed E-state index contributed by atoms with van der Waals surface area (Å²) in [5, 5.41) is 14.9. The minimum absolute atomic E-state index is 0.0735. The van der Waals surface area contributed by atoms with Crippen LogP contribution in [0.15, 0.2) is 28.6 Å². The van der Waals surface area contributed by atoms with Crippen molar-refractivity contribution in [1.29, 1.82) is 0 Å². The van der Waals surface area contributed by atoms with E-state index in [1.807, 2.05) is 12.1 Å². The number of carbonyl (C=O) groups is 2. The number of rotatable bonds is 9. The number of thioether (sulfide) groups is 1. The van der Waals surface area contributed by atoms with Gasteiger partial charge in [0.05, 0.1) is 11.2 Å². The summed E-state index contributed by atoms with van der Waals surface area (Å²) < 4.78 is 0.695. The van der Waals surface area contributed by atoms with Gasteiger partial charge in [0, 0.05) is 5.69 Å². The SMILES string of the molecule is CCCCc1ccc(NC(=O)CSc2nnc(NC(=O)C34CC5CC(CC(C5)C3)C4)s2)cc1. The molecule has 6 rings (SSSR count). The molecule has 0 aliphatic heterocycles. The van der Waals surface area contributed by atoms with E-state index in [9.17, 15) is 9.59 Å². The van der Waals surface area contributed by atoms with E-state index in [4.69, 9.17) is 0 Å². The standard InChI is InChI=1S/C25H32N4O2S2/c1-2-3-4-16-5-7-20(8-6-16)26-21(30)15-32-24-29-28-23(33-24)27-22(31)25-12-17-9-18(13-25)11-19(10-17)14-25/h5-8,17-19H,2-4,9-15H2,1H3,(H,26,30)(H,27,28,31). The number of aromatic nitrogens is 2. The van der Waals surface area contributed by atoms with Gasteiger partial charge in [-0.05, 0) is 86.8 Å². The summed E-state index contributed by atoms with van der Waals surface area (Å²) in [6.45, 7) is 2.18. The molecule has 1 heterocycles. The maximum atomic E-state index is 13.2. The molecule has 4 saturated carbocycles. The van der Waals surface area contributed by atoms with Crippen molar-refractivity contribution in [2.75, 3.05) is 16.4 Å². The Morgan fingerprint density at radius 1 is 1.03 bits per heavy atom. The van der Waals surface area contributed by atoms with Crippen LogP contribution >= 0.6 is 23.1 Å². The molecule has 0 radical (unpaired) electrons. The maximum Gasteiger partial charge on any atom is 0.234 e. The Balaban J connectivity index is 1.10. The maximum absolute atomic E-state index is 13.2. The van der Waals surface area contributed by atoms with Gasteiger partial charge in [0.2, 0.25) is 16.9 Å². The highest BCUT2D eigenvalue weighted by Gasteiger charge is 2.54. The Kier molecular flexibility index (Phi) is 6.74. The first-order valence-corrected chi connectivity index (χ1v) is 14.0. The van der Waals surface area contributed by atoms with Crippen LogP contribution in [0, 0.1) is 23.2 Å². The topological polar surface area (TPSA) is 84.0 Å². The molecule has 2 N–H and O–H groups in total. The van der Waals surface area contributed by atoms with Gasteiger partial charge < -0.3 is 10.6 Å². The van der Waals surface area contributed by atoms with Gasteiger partial charge in [-0.3, -0.25) is 9.59 Å². The van der Waals surface area contributed by atoms with Gasteiger partial charge in [-0.15, -0.1) is 10.2 Å². The molecule has 0 unspecified atom stereocenters. The first kappa shape index (κ1) is 22.8. The fourth-order valence-corrected chi connectivity index (χ4v) is 7.94. The predicted molar refractivity (Wildman–Crippen MR) is 134 cm³/mol. The Bertz CT molecular complexity index is 969. The molecule has 0 saturated heterocycles. The Labute approximate surface area is 203 Å². The van der Waals surface area contributed by atoms with E-state index < -0.39 is 0 Å². The van der Waals surface area contributed by atoms with Gasteiger partial charge in [0.25, 0.3) is 0 Å². The number of aryl methyl sites for hydroxylation is 1. The molecule has 2 aromatic rings. The van der Waals surface area contributed by atoms with E-state index in [0.29, 0.717) is 9.47 Å². The molecule has 6 nitrogen and oxygen atoms in total. The van der Waals surface area contributed by atoms with E-state index >= 15 is 0 Å². The minimum Gasteiger partial charge on any atom is -0.325 e. The quantitative estimate of drug-likeness (QED) is 0.349. The van der Waals surface area contributed by atoms with Crippen LogP contribution in [0.5, 0.6) is 0 Å². The molecule has 4 aliphatic rings. The molecule has 1 aromatic carbocycles. The zero-order valence-corrected chi connectivity index (χ0v) is 20.8. The number of benzene rings is 1. The van der Waals surface area contributed by atoms with Gasteiger partial charge in [-0.25, -0.2) is 0 Å². The number of hydrogen-bond donors (Lipinski definition) is 2. The average Bonchev–Trinajstić information content (AvgIpc) is 3.24. The molecule has 4 fully saturated rings. The van der Waals surface area contributed by atoms with E-state index in [0.717, 1.165) is 49.1 Å². The molecular formula is C25H32N4O2S2. The van der Waals surface area contributed by atoms with Gasteiger partial charge in [-0.1, -0.05) is 48.6 Å². The predicted octanol–water partition coefficient (Wildman–Crippen LogP) is 5.77. The van der Waals surface area contributed by atoms with Crippen LogP contribution in [-0.4, -0.2) is 27.8 Å². The number of carbonyl (C=O) groups excluding carboxylic acids is 2. The third-order valence-electron chi connectivity index (χ3n) is 7.53. The van der Waals surface area contributed by atoms with Crippen LogP contribution in [0.2, 0.25) is 0 Å². The number of unbranched alkanes of at least 4 members (excludes halogenated alkanes) is 1. The third-order valence-corrected chi connectivity index (χ3v) is 9.50. The molecule has 0 spiro atoms. The van der Waals surface area contributed by atoms with E-state index in [-0.39, 0.29) is 23.0 Å². The van der Waals surface area contributed by atoms with Gasteiger partial charge >= 0.3 is 0 Å². The second-order valence-corrected chi connectivity index (χ2v) is 12.4. The number of anilines is 2. The zero-order valence-electron chi connectivity index (χ0n) is 19.1. The highest BCUT2D eigenvalue weighted by Crippen LogP contribution is 2.60. The minimum atomic E-state index is -0.195. The lowest BCUT2D eigenvalue weighted by Gasteiger charge is -2.55. The molecule has 33 heavy (non-hydrogen) atoms. The first-order chi connectivity index (χ1) is 16.0. The zero-order chi connectivity index (χ0) is 22.8. The van der Waals surface area contributed by atoms with Crippen LogP contribution in [0.3, 0.4) is 0 Å². The largest absolute Gasteiger partial charge is 0.325 e. The van der Waals surface area contributed by atoms with Crippen molar-refractivity contribution in [1.82, 2.24) is 10.2 Å². The summed E-state index contributed by atoms with van der Waals surface area (Å²) >= 11 is 2.70. The second kappa shape index (κ2) is 9.74. The molecule has 4 aliphatic carbocycles. The number of hydrogen-bond acceptors (Lipinski definition) is 6. The number of nitrogens with zero attached hydrogens (tertiary/aromatic N) is 2. The lowest BCUT2D eigenvalue weighted by atomic mass is 9.49. The normalized spacial score (nSPS) is 27.5. The van der Waals surface area contributed by atoms with Crippen molar-refractivity contribution in [3.63, 3.8) is 0 Å². The van der Waals surface area contributed by atoms with E-state index in [1.54, 1.807) is 0 Å². The van der Waals surface area contributed by atoms with Crippen LogP contribution in [0.4, 0.5) is 10.8 Å². The Hall–Kier alpha value is -1.93. The van der Waals surface area contributed by atoms with Crippen LogP contribution < -0.4 is 10.6 Å². The van der Waals surface area contributed by atoms with E-state index in [2.05, 4.69) is 39.9 Å². The lowest BCUT2D eigenvalue weighted by Crippen LogP contribution is -2.51. The molecule has 8 heteroatoms. The van der Waals surface area contributed by atoms with Crippen molar-refractivity contribution in [2.24, 2.45) is 23.2 Å².